The Morgan fingerprint density at radius 2 is 1.33 bits per heavy atom. The summed E-state index contributed by atoms with van der Waals surface area (Å²) in [5.74, 6) is 0. The van der Waals surface area contributed by atoms with Crippen LogP contribution in [0.2, 0.25) is 0 Å². The minimum Gasteiger partial charge on any atom is -0.399 e. The summed E-state index contributed by atoms with van der Waals surface area (Å²) in [6.07, 6.45) is 4.26. The first kappa shape index (κ1) is 13.2. The molecule has 1 heteroatoms. The molecular weight excluding hydrogens is 254 g/mol. The van der Waals surface area contributed by atoms with Crippen molar-refractivity contribution < 1.29 is 0 Å². The molecule has 3 aromatic carbocycles. The predicted molar refractivity (Wildman–Crippen MR) is 91.7 cm³/mol. The third-order valence-electron chi connectivity index (χ3n) is 3.42. The van der Waals surface area contributed by atoms with Crippen molar-refractivity contribution in [3.63, 3.8) is 0 Å². The summed E-state index contributed by atoms with van der Waals surface area (Å²) < 4.78 is 0. The van der Waals surface area contributed by atoms with Gasteiger partial charge in [-0.3, -0.25) is 0 Å². The van der Waals surface area contributed by atoms with Gasteiger partial charge in [0.2, 0.25) is 0 Å². The van der Waals surface area contributed by atoms with E-state index in [1.807, 2.05) is 48.5 Å². The molecule has 0 radical (unpaired) electrons. The molecule has 0 aliphatic heterocycles. The van der Waals surface area contributed by atoms with Gasteiger partial charge in [-0.1, -0.05) is 78.9 Å². The first-order valence-corrected chi connectivity index (χ1v) is 7.01. The Balaban J connectivity index is 2.01. The normalized spacial score (nSPS) is 10.9. The van der Waals surface area contributed by atoms with E-state index in [1.54, 1.807) is 0 Å². The van der Waals surface area contributed by atoms with Crippen LogP contribution in [0.15, 0.2) is 78.9 Å². The lowest BCUT2D eigenvalue weighted by atomic mass is 9.98. The van der Waals surface area contributed by atoms with Crippen LogP contribution in [0, 0.1) is 0 Å². The van der Waals surface area contributed by atoms with E-state index in [-0.39, 0.29) is 0 Å². The summed E-state index contributed by atoms with van der Waals surface area (Å²) in [6, 6.07) is 26.7. The van der Waals surface area contributed by atoms with Crippen molar-refractivity contribution in [2.45, 2.75) is 0 Å². The molecule has 3 aromatic rings. The van der Waals surface area contributed by atoms with Crippen LogP contribution in [0.5, 0.6) is 0 Å². The van der Waals surface area contributed by atoms with Gasteiger partial charge >= 0.3 is 0 Å². The Morgan fingerprint density at radius 3 is 2.05 bits per heavy atom. The lowest BCUT2D eigenvalue weighted by molar-refractivity contribution is 1.58. The third kappa shape index (κ3) is 3.21. The lowest BCUT2D eigenvalue weighted by Crippen LogP contribution is -1.89. The van der Waals surface area contributed by atoms with Crippen molar-refractivity contribution in [2.75, 3.05) is 5.73 Å². The lowest BCUT2D eigenvalue weighted by Gasteiger charge is -2.08. The average molecular weight is 271 g/mol. The van der Waals surface area contributed by atoms with Crippen LogP contribution in [0.4, 0.5) is 5.69 Å². The fraction of sp³-hybridized carbons (Fsp3) is 0. The van der Waals surface area contributed by atoms with Crippen molar-refractivity contribution in [3.8, 4) is 11.1 Å². The molecule has 0 heterocycles. The molecule has 0 fully saturated rings. The summed E-state index contributed by atoms with van der Waals surface area (Å²) in [5.41, 5.74) is 11.4. The first-order chi connectivity index (χ1) is 10.3. The van der Waals surface area contributed by atoms with Crippen LogP contribution < -0.4 is 5.73 Å². The van der Waals surface area contributed by atoms with Crippen molar-refractivity contribution in [1.29, 1.82) is 0 Å². The molecule has 3 rings (SSSR count). The smallest absolute Gasteiger partial charge is 0.0320 e. The Kier molecular flexibility index (Phi) is 3.83. The van der Waals surface area contributed by atoms with Gasteiger partial charge in [0.15, 0.2) is 0 Å². The molecule has 0 aliphatic carbocycles. The average Bonchev–Trinajstić information content (AvgIpc) is 2.55. The minimum absolute atomic E-state index is 0.783. The van der Waals surface area contributed by atoms with E-state index in [9.17, 15) is 0 Å². The second-order valence-electron chi connectivity index (χ2n) is 4.96. The molecule has 0 saturated carbocycles. The molecular formula is C20H17N. The number of benzene rings is 3. The van der Waals surface area contributed by atoms with E-state index < -0.39 is 0 Å². The van der Waals surface area contributed by atoms with E-state index in [2.05, 4.69) is 42.5 Å². The second-order valence-corrected chi connectivity index (χ2v) is 4.96. The monoisotopic (exact) mass is 271 g/mol. The number of anilines is 1. The van der Waals surface area contributed by atoms with Crippen molar-refractivity contribution in [3.05, 3.63) is 90.0 Å². The van der Waals surface area contributed by atoms with Crippen molar-refractivity contribution in [2.24, 2.45) is 0 Å². The highest BCUT2D eigenvalue weighted by Gasteiger charge is 2.03. The largest absolute Gasteiger partial charge is 0.399 e. The summed E-state index contributed by atoms with van der Waals surface area (Å²) >= 11 is 0. The van der Waals surface area contributed by atoms with Gasteiger partial charge in [-0.15, -0.1) is 0 Å². The van der Waals surface area contributed by atoms with E-state index in [4.69, 9.17) is 5.73 Å². The van der Waals surface area contributed by atoms with Crippen LogP contribution >= 0.6 is 0 Å². The fourth-order valence-electron chi connectivity index (χ4n) is 2.34. The van der Waals surface area contributed by atoms with Gasteiger partial charge in [-0.25, -0.2) is 0 Å². The van der Waals surface area contributed by atoms with Crippen LogP contribution in [-0.2, 0) is 0 Å². The SMILES string of the molecule is Nc1ccc(C=Cc2ccccc2)c(-c2ccccc2)c1. The van der Waals surface area contributed by atoms with Gasteiger partial charge in [0.1, 0.15) is 0 Å². The maximum Gasteiger partial charge on any atom is 0.0320 e. The van der Waals surface area contributed by atoms with E-state index in [1.165, 1.54) is 16.7 Å². The Hall–Kier alpha value is -2.80. The summed E-state index contributed by atoms with van der Waals surface area (Å²) in [5, 5.41) is 0. The molecule has 0 amide bonds. The van der Waals surface area contributed by atoms with Gasteiger partial charge in [-0.2, -0.15) is 0 Å². The topological polar surface area (TPSA) is 26.0 Å². The van der Waals surface area contributed by atoms with Crippen LogP contribution in [0.3, 0.4) is 0 Å². The molecule has 0 aliphatic rings. The highest BCUT2D eigenvalue weighted by atomic mass is 14.5. The zero-order chi connectivity index (χ0) is 14.5. The zero-order valence-corrected chi connectivity index (χ0v) is 11.7. The maximum absolute atomic E-state index is 5.95. The molecule has 0 atom stereocenters. The molecule has 0 bridgehead atoms. The Bertz CT molecular complexity index is 743. The quantitative estimate of drug-likeness (QED) is 0.520. The molecule has 21 heavy (non-hydrogen) atoms. The predicted octanol–water partition coefficient (Wildman–Crippen LogP) is 5.11. The fourth-order valence-corrected chi connectivity index (χ4v) is 2.34. The Morgan fingerprint density at radius 1 is 0.667 bits per heavy atom. The third-order valence-corrected chi connectivity index (χ3v) is 3.42. The van der Waals surface area contributed by atoms with Crippen LogP contribution in [0.1, 0.15) is 11.1 Å². The number of nitrogens with two attached hydrogens (primary N) is 1. The summed E-state index contributed by atoms with van der Waals surface area (Å²) in [7, 11) is 0. The van der Waals surface area contributed by atoms with Gasteiger partial charge in [0.05, 0.1) is 0 Å². The van der Waals surface area contributed by atoms with E-state index in [0.29, 0.717) is 0 Å². The molecule has 0 saturated heterocycles. The molecule has 1 nitrogen and oxygen atoms in total. The number of hydrogen-bond acceptors (Lipinski definition) is 1. The molecule has 0 aromatic heterocycles. The minimum atomic E-state index is 0.783. The van der Waals surface area contributed by atoms with Gasteiger partial charge in [0.25, 0.3) is 0 Å². The second kappa shape index (κ2) is 6.10. The van der Waals surface area contributed by atoms with E-state index >= 15 is 0 Å². The van der Waals surface area contributed by atoms with Crippen molar-refractivity contribution in [1.82, 2.24) is 0 Å². The van der Waals surface area contributed by atoms with E-state index in [0.717, 1.165) is 11.3 Å². The molecule has 2 N–H and O–H groups in total. The first-order valence-electron chi connectivity index (χ1n) is 7.01. The maximum atomic E-state index is 5.95. The van der Waals surface area contributed by atoms with Gasteiger partial charge in [0, 0.05) is 5.69 Å². The summed E-state index contributed by atoms with van der Waals surface area (Å²) in [6.45, 7) is 0. The molecule has 0 unspecified atom stereocenters. The number of nitrogen functional groups attached to an aromatic ring is 1. The number of rotatable bonds is 3. The van der Waals surface area contributed by atoms with Gasteiger partial charge in [-0.05, 0) is 34.4 Å². The van der Waals surface area contributed by atoms with Crippen LogP contribution in [0.25, 0.3) is 23.3 Å². The van der Waals surface area contributed by atoms with Crippen molar-refractivity contribution >= 4 is 17.8 Å². The number of hydrogen-bond donors (Lipinski definition) is 1. The standard InChI is InChI=1S/C20H17N/c21-19-14-13-18(12-11-16-7-3-1-4-8-16)20(15-19)17-9-5-2-6-10-17/h1-15H,21H2. The highest BCUT2D eigenvalue weighted by Crippen LogP contribution is 2.27. The zero-order valence-electron chi connectivity index (χ0n) is 11.7. The summed E-state index contributed by atoms with van der Waals surface area (Å²) in [4.78, 5) is 0. The Labute approximate surface area is 125 Å². The van der Waals surface area contributed by atoms with Gasteiger partial charge < -0.3 is 5.73 Å². The molecule has 102 valence electrons. The highest BCUT2D eigenvalue weighted by molar-refractivity contribution is 5.82. The molecule has 0 spiro atoms. The van der Waals surface area contributed by atoms with Crippen LogP contribution in [-0.4, -0.2) is 0 Å².